The summed E-state index contributed by atoms with van der Waals surface area (Å²) in [4.78, 5) is 11.6. The Morgan fingerprint density at radius 3 is 2.71 bits per heavy atom. The maximum absolute atomic E-state index is 13.2. The van der Waals surface area contributed by atoms with Gasteiger partial charge in [0.05, 0.1) is 12.0 Å². The lowest BCUT2D eigenvalue weighted by molar-refractivity contribution is -0.128. The summed E-state index contributed by atoms with van der Waals surface area (Å²) in [5.74, 6) is 3.77. The number of rotatable bonds is 5. The molecule has 114 valence electrons. The molecule has 1 rings (SSSR count). The van der Waals surface area contributed by atoms with Gasteiger partial charge in [-0.1, -0.05) is 11.8 Å². The second kappa shape index (κ2) is 7.84. The van der Waals surface area contributed by atoms with Crippen LogP contribution in [0.3, 0.4) is 0 Å². The summed E-state index contributed by atoms with van der Waals surface area (Å²) in [5.41, 5.74) is -0.656. The van der Waals surface area contributed by atoms with E-state index in [4.69, 9.17) is 16.3 Å². The Balaban J connectivity index is 2.36. The molecule has 0 fully saturated rings. The third-order valence-electron chi connectivity index (χ3n) is 2.60. The third-order valence-corrected chi connectivity index (χ3v) is 3.27. The summed E-state index contributed by atoms with van der Waals surface area (Å²) < 4.78 is 30.9. The van der Waals surface area contributed by atoms with Crippen LogP contribution in [0.25, 0.3) is 0 Å². The number of ether oxygens (including phenoxy) is 1. The van der Waals surface area contributed by atoms with Crippen molar-refractivity contribution in [3.63, 3.8) is 0 Å². The Morgan fingerprint density at radius 1 is 1.38 bits per heavy atom. The van der Waals surface area contributed by atoms with E-state index in [2.05, 4.69) is 17.2 Å². The topological polar surface area (TPSA) is 38.3 Å². The quantitative estimate of drug-likeness (QED) is 0.670. The van der Waals surface area contributed by atoms with Crippen molar-refractivity contribution in [2.75, 3.05) is 19.0 Å². The van der Waals surface area contributed by atoms with Gasteiger partial charge in [0.2, 0.25) is 5.91 Å². The molecule has 0 aromatic heterocycles. The molecule has 1 aromatic rings. The zero-order valence-electron chi connectivity index (χ0n) is 11.8. The van der Waals surface area contributed by atoms with Gasteiger partial charge < -0.3 is 10.1 Å². The van der Waals surface area contributed by atoms with Gasteiger partial charge in [0.1, 0.15) is 12.4 Å². The number of hydrogen-bond donors (Lipinski definition) is 1. The van der Waals surface area contributed by atoms with Crippen molar-refractivity contribution in [3.8, 4) is 17.6 Å². The van der Waals surface area contributed by atoms with Crippen LogP contribution in [0.5, 0.6) is 5.75 Å². The number of halogens is 3. The van der Waals surface area contributed by atoms with Crippen molar-refractivity contribution in [1.82, 2.24) is 5.32 Å². The summed E-state index contributed by atoms with van der Waals surface area (Å²) in [6, 6.07) is 3.02. The van der Waals surface area contributed by atoms with E-state index < -0.39 is 17.0 Å². The highest BCUT2D eigenvalue weighted by molar-refractivity contribution is 6.19. The number of carbonyl (C=O) groups excluding carboxylic acids is 1. The van der Waals surface area contributed by atoms with Crippen LogP contribution < -0.4 is 10.1 Å². The molecule has 1 N–H and O–H groups in total. The van der Waals surface area contributed by atoms with Crippen molar-refractivity contribution < 1.29 is 18.3 Å². The Hall–Kier alpha value is -1.80. The maximum atomic E-state index is 13.2. The molecule has 0 atom stereocenters. The fourth-order valence-electron chi connectivity index (χ4n) is 1.24. The van der Waals surface area contributed by atoms with Gasteiger partial charge in [0, 0.05) is 11.9 Å². The minimum Gasteiger partial charge on any atom is -0.478 e. The molecule has 0 radical (unpaired) electrons. The van der Waals surface area contributed by atoms with Crippen LogP contribution in [0.15, 0.2) is 18.2 Å². The Kier molecular flexibility index (Phi) is 6.44. The average Bonchev–Trinajstić information content (AvgIpc) is 2.44. The minimum absolute atomic E-state index is 0.0582. The highest BCUT2D eigenvalue weighted by Gasteiger charge is 2.25. The smallest absolute Gasteiger partial charge is 0.227 e. The van der Waals surface area contributed by atoms with E-state index in [1.165, 1.54) is 6.07 Å². The van der Waals surface area contributed by atoms with Crippen LogP contribution in [0.4, 0.5) is 8.78 Å². The lowest BCUT2D eigenvalue weighted by Crippen LogP contribution is -2.38. The van der Waals surface area contributed by atoms with Crippen LogP contribution in [0.1, 0.15) is 13.8 Å². The summed E-state index contributed by atoms with van der Waals surface area (Å²) in [6.45, 7) is 3.54. The van der Waals surface area contributed by atoms with E-state index in [0.29, 0.717) is 0 Å². The predicted molar refractivity (Wildman–Crippen MR) is 77.1 cm³/mol. The van der Waals surface area contributed by atoms with Gasteiger partial charge >= 0.3 is 0 Å². The van der Waals surface area contributed by atoms with Crippen LogP contribution in [-0.2, 0) is 4.79 Å². The lowest BCUT2D eigenvalue weighted by atomic mass is 9.95. The molecule has 0 unspecified atom stereocenters. The first-order valence-corrected chi connectivity index (χ1v) is 6.78. The van der Waals surface area contributed by atoms with E-state index in [1.54, 1.807) is 13.8 Å². The molecule has 0 aliphatic heterocycles. The van der Waals surface area contributed by atoms with Crippen molar-refractivity contribution in [1.29, 1.82) is 0 Å². The van der Waals surface area contributed by atoms with Crippen molar-refractivity contribution in [2.45, 2.75) is 13.8 Å². The van der Waals surface area contributed by atoms with Crippen molar-refractivity contribution >= 4 is 17.5 Å². The van der Waals surface area contributed by atoms with E-state index in [9.17, 15) is 13.6 Å². The first kappa shape index (κ1) is 17.3. The molecule has 6 heteroatoms. The van der Waals surface area contributed by atoms with Gasteiger partial charge in [0.15, 0.2) is 11.6 Å². The van der Waals surface area contributed by atoms with E-state index in [1.807, 2.05) is 0 Å². The Bertz CT molecular complexity index is 565. The van der Waals surface area contributed by atoms with Crippen LogP contribution in [0.2, 0.25) is 0 Å². The fraction of sp³-hybridized carbons (Fsp3) is 0.400. The molecule has 0 aliphatic rings. The molecular weight excluding hydrogens is 300 g/mol. The number of alkyl halides is 1. The molecule has 3 nitrogen and oxygen atoms in total. The Morgan fingerprint density at radius 2 is 2.10 bits per heavy atom. The van der Waals surface area contributed by atoms with Gasteiger partial charge in [-0.3, -0.25) is 4.79 Å². The summed E-state index contributed by atoms with van der Waals surface area (Å²) in [7, 11) is 0. The molecule has 0 spiro atoms. The number of amides is 1. The number of carbonyl (C=O) groups is 1. The van der Waals surface area contributed by atoms with Crippen molar-refractivity contribution in [2.24, 2.45) is 5.41 Å². The number of benzene rings is 1. The molecule has 0 heterocycles. The maximum Gasteiger partial charge on any atom is 0.227 e. The van der Waals surface area contributed by atoms with Crippen LogP contribution in [0, 0.1) is 28.9 Å². The molecule has 0 saturated carbocycles. The molecule has 1 amide bonds. The van der Waals surface area contributed by atoms with Crippen LogP contribution >= 0.6 is 11.6 Å². The first-order chi connectivity index (χ1) is 9.86. The standard InChI is InChI=1S/C15H16ClF2NO2/c1-15(2,10-16)14(20)19-7-3-4-8-21-13-6-5-11(17)9-12(13)18/h5-6,9H,7-8,10H2,1-2H3,(H,19,20). The van der Waals surface area contributed by atoms with Crippen molar-refractivity contribution in [3.05, 3.63) is 29.8 Å². The predicted octanol–water partition coefficient (Wildman–Crippen LogP) is 2.73. The first-order valence-electron chi connectivity index (χ1n) is 6.24. The zero-order chi connectivity index (χ0) is 15.9. The molecule has 21 heavy (non-hydrogen) atoms. The molecule has 1 aromatic carbocycles. The van der Waals surface area contributed by atoms with Gasteiger partial charge in [-0.2, -0.15) is 0 Å². The number of nitrogens with one attached hydrogen (secondary N) is 1. The summed E-state index contributed by atoms with van der Waals surface area (Å²) in [6.07, 6.45) is 0. The van der Waals surface area contributed by atoms with Gasteiger partial charge in [-0.25, -0.2) is 8.78 Å². The van der Waals surface area contributed by atoms with E-state index in [0.717, 1.165) is 12.1 Å². The second-order valence-corrected chi connectivity index (χ2v) is 5.18. The Labute approximate surface area is 127 Å². The normalized spacial score (nSPS) is 10.5. The molecular formula is C15H16ClF2NO2. The van der Waals surface area contributed by atoms with Gasteiger partial charge in [-0.05, 0) is 26.0 Å². The van der Waals surface area contributed by atoms with Gasteiger partial charge in [-0.15, -0.1) is 11.6 Å². The van der Waals surface area contributed by atoms with Crippen LogP contribution in [-0.4, -0.2) is 24.9 Å². The minimum atomic E-state index is -0.783. The van der Waals surface area contributed by atoms with Gasteiger partial charge in [0.25, 0.3) is 0 Å². The largest absolute Gasteiger partial charge is 0.478 e. The summed E-state index contributed by atoms with van der Waals surface area (Å²) in [5, 5.41) is 2.62. The highest BCUT2D eigenvalue weighted by atomic mass is 35.5. The van der Waals surface area contributed by atoms with E-state index in [-0.39, 0.29) is 30.7 Å². The SMILES string of the molecule is CC(C)(CCl)C(=O)NCC#CCOc1ccc(F)cc1F. The molecule has 0 aliphatic carbocycles. The summed E-state index contributed by atoms with van der Waals surface area (Å²) >= 11 is 5.67. The second-order valence-electron chi connectivity index (χ2n) is 4.92. The molecule has 0 bridgehead atoms. The monoisotopic (exact) mass is 315 g/mol. The average molecular weight is 316 g/mol. The number of hydrogen-bond acceptors (Lipinski definition) is 2. The fourth-order valence-corrected chi connectivity index (χ4v) is 1.37. The highest BCUT2D eigenvalue weighted by Crippen LogP contribution is 2.17. The van der Waals surface area contributed by atoms with E-state index >= 15 is 0 Å². The third kappa shape index (κ3) is 5.60. The lowest BCUT2D eigenvalue weighted by Gasteiger charge is -2.19. The zero-order valence-corrected chi connectivity index (χ0v) is 12.6. The molecule has 0 saturated heterocycles.